The second kappa shape index (κ2) is 6.95. The summed E-state index contributed by atoms with van der Waals surface area (Å²) < 4.78 is 0. The van der Waals surface area contributed by atoms with E-state index in [1.54, 1.807) is 18.2 Å². The minimum Gasteiger partial charge on any atom is -0.368 e. The van der Waals surface area contributed by atoms with E-state index in [9.17, 15) is 0 Å². The molecule has 7 heteroatoms. The van der Waals surface area contributed by atoms with Crippen LogP contribution in [0.5, 0.6) is 0 Å². The largest absolute Gasteiger partial charge is 0.368 e. The number of aromatic nitrogens is 2. The molecule has 5 nitrogen and oxygen atoms in total. The molecule has 2 N–H and O–H groups in total. The molecule has 0 atom stereocenters. The fraction of sp³-hybridized carbons (Fsp3) is 0.0588. The molecule has 3 rings (SSSR count). The van der Waals surface area contributed by atoms with Crippen LogP contribution in [0.15, 0.2) is 58.8 Å². The molecule has 0 unspecified atom stereocenters. The van der Waals surface area contributed by atoms with Gasteiger partial charge < -0.3 is 5.73 Å². The molecule has 0 bridgehead atoms. The standard InChI is InChI=1S/C17H13Cl2N5/c1-10-15(24-23-14-8-12(18)7-13(19)9-14)16(22-17(20)21-10)11-5-3-2-4-6-11/h2-9H,1H3,(H2,20,21,22). The zero-order chi connectivity index (χ0) is 17.1. The quantitative estimate of drug-likeness (QED) is 0.605. The molecule has 2 aromatic carbocycles. The van der Waals surface area contributed by atoms with Gasteiger partial charge in [0.1, 0.15) is 11.4 Å². The van der Waals surface area contributed by atoms with Crippen molar-refractivity contribution >= 4 is 40.5 Å². The number of nitrogens with two attached hydrogens (primary N) is 1. The maximum atomic E-state index is 5.98. The van der Waals surface area contributed by atoms with Gasteiger partial charge in [0.15, 0.2) is 0 Å². The minimum absolute atomic E-state index is 0.191. The molecule has 0 aliphatic carbocycles. The summed E-state index contributed by atoms with van der Waals surface area (Å²) in [5.41, 5.74) is 9.02. The highest BCUT2D eigenvalue weighted by Crippen LogP contribution is 2.33. The van der Waals surface area contributed by atoms with E-state index in [1.807, 2.05) is 37.3 Å². The van der Waals surface area contributed by atoms with Gasteiger partial charge in [0.25, 0.3) is 0 Å². The molecule has 0 spiro atoms. The monoisotopic (exact) mass is 357 g/mol. The van der Waals surface area contributed by atoms with Gasteiger partial charge in [0.05, 0.1) is 11.4 Å². The molecule has 24 heavy (non-hydrogen) atoms. The summed E-state index contributed by atoms with van der Waals surface area (Å²) in [5, 5.41) is 9.49. The van der Waals surface area contributed by atoms with Gasteiger partial charge in [0.2, 0.25) is 5.95 Å². The van der Waals surface area contributed by atoms with Crippen LogP contribution in [0, 0.1) is 6.92 Å². The summed E-state index contributed by atoms with van der Waals surface area (Å²) in [4.78, 5) is 8.48. The number of nitrogens with zero attached hydrogens (tertiary/aromatic N) is 4. The molecule has 120 valence electrons. The normalized spacial score (nSPS) is 11.1. The fourth-order valence-electron chi connectivity index (χ4n) is 2.21. The van der Waals surface area contributed by atoms with Gasteiger partial charge in [-0.15, -0.1) is 5.11 Å². The number of azo groups is 1. The predicted molar refractivity (Wildman–Crippen MR) is 97.3 cm³/mol. The third-order valence-corrected chi connectivity index (χ3v) is 3.67. The maximum absolute atomic E-state index is 5.98. The van der Waals surface area contributed by atoms with Crippen molar-refractivity contribution in [3.63, 3.8) is 0 Å². The van der Waals surface area contributed by atoms with Gasteiger partial charge in [-0.05, 0) is 25.1 Å². The number of rotatable bonds is 3. The van der Waals surface area contributed by atoms with E-state index in [0.29, 0.717) is 32.8 Å². The molecule has 0 fully saturated rings. The van der Waals surface area contributed by atoms with Crippen LogP contribution in [0.2, 0.25) is 10.0 Å². The first-order valence-corrected chi connectivity index (χ1v) is 7.86. The Balaban J connectivity index is 2.09. The number of anilines is 1. The van der Waals surface area contributed by atoms with Crippen molar-refractivity contribution in [3.05, 3.63) is 64.3 Å². The van der Waals surface area contributed by atoms with Gasteiger partial charge >= 0.3 is 0 Å². The van der Waals surface area contributed by atoms with Gasteiger partial charge in [-0.25, -0.2) is 9.97 Å². The lowest BCUT2D eigenvalue weighted by Crippen LogP contribution is -1.99. The SMILES string of the molecule is Cc1nc(N)nc(-c2ccccc2)c1N=Nc1cc(Cl)cc(Cl)c1. The lowest BCUT2D eigenvalue weighted by molar-refractivity contribution is 1.08. The van der Waals surface area contributed by atoms with E-state index in [0.717, 1.165) is 5.56 Å². The Morgan fingerprint density at radius 2 is 1.58 bits per heavy atom. The maximum Gasteiger partial charge on any atom is 0.220 e. The van der Waals surface area contributed by atoms with Crippen molar-refractivity contribution in [1.82, 2.24) is 9.97 Å². The van der Waals surface area contributed by atoms with Crippen LogP contribution < -0.4 is 5.73 Å². The zero-order valence-electron chi connectivity index (χ0n) is 12.7. The topological polar surface area (TPSA) is 76.5 Å². The number of halogens is 2. The lowest BCUT2D eigenvalue weighted by atomic mass is 10.1. The average molecular weight is 358 g/mol. The second-order valence-corrected chi connectivity index (χ2v) is 5.93. The highest BCUT2D eigenvalue weighted by molar-refractivity contribution is 6.35. The first-order valence-electron chi connectivity index (χ1n) is 7.10. The van der Waals surface area contributed by atoms with Gasteiger partial charge in [0, 0.05) is 15.6 Å². The highest BCUT2D eigenvalue weighted by atomic mass is 35.5. The summed E-state index contributed by atoms with van der Waals surface area (Å²) in [5.74, 6) is 0.191. The van der Waals surface area contributed by atoms with Crippen LogP contribution in [0.4, 0.5) is 17.3 Å². The lowest BCUT2D eigenvalue weighted by Gasteiger charge is -2.08. The van der Waals surface area contributed by atoms with Crippen molar-refractivity contribution < 1.29 is 0 Å². The first kappa shape index (κ1) is 16.4. The van der Waals surface area contributed by atoms with E-state index < -0.39 is 0 Å². The molecule has 0 radical (unpaired) electrons. The van der Waals surface area contributed by atoms with Gasteiger partial charge in [-0.3, -0.25) is 0 Å². The van der Waals surface area contributed by atoms with Crippen molar-refractivity contribution in [2.75, 3.05) is 5.73 Å². The number of hydrogen-bond donors (Lipinski definition) is 1. The smallest absolute Gasteiger partial charge is 0.220 e. The van der Waals surface area contributed by atoms with Gasteiger partial charge in [-0.1, -0.05) is 53.5 Å². The summed E-state index contributed by atoms with van der Waals surface area (Å²) in [6.07, 6.45) is 0. The molecule has 0 aliphatic rings. The summed E-state index contributed by atoms with van der Waals surface area (Å²) in [7, 11) is 0. The fourth-order valence-corrected chi connectivity index (χ4v) is 2.72. The minimum atomic E-state index is 0.191. The van der Waals surface area contributed by atoms with E-state index >= 15 is 0 Å². The number of nitrogen functional groups attached to an aromatic ring is 1. The van der Waals surface area contributed by atoms with Crippen molar-refractivity contribution in [2.45, 2.75) is 6.92 Å². The Hall–Kier alpha value is -2.50. The predicted octanol–water partition coefficient (Wildman–Crippen LogP) is 5.76. The zero-order valence-corrected chi connectivity index (χ0v) is 14.3. The Morgan fingerprint density at radius 1 is 0.917 bits per heavy atom. The molecule has 0 amide bonds. The Morgan fingerprint density at radius 3 is 2.25 bits per heavy atom. The number of hydrogen-bond acceptors (Lipinski definition) is 5. The molecule has 0 saturated carbocycles. The highest BCUT2D eigenvalue weighted by Gasteiger charge is 2.12. The van der Waals surface area contributed by atoms with Crippen molar-refractivity contribution in [3.8, 4) is 11.3 Å². The molecule has 1 heterocycles. The van der Waals surface area contributed by atoms with Crippen LogP contribution >= 0.6 is 23.2 Å². The van der Waals surface area contributed by atoms with Crippen LogP contribution in [0.25, 0.3) is 11.3 Å². The van der Waals surface area contributed by atoms with Crippen LogP contribution in [0.3, 0.4) is 0 Å². The van der Waals surface area contributed by atoms with Crippen LogP contribution in [0.1, 0.15) is 5.69 Å². The Bertz CT molecular complexity index is 890. The second-order valence-electron chi connectivity index (χ2n) is 5.06. The van der Waals surface area contributed by atoms with E-state index in [-0.39, 0.29) is 5.95 Å². The molecular formula is C17H13Cl2N5. The van der Waals surface area contributed by atoms with E-state index in [2.05, 4.69) is 20.2 Å². The van der Waals surface area contributed by atoms with Crippen molar-refractivity contribution in [2.24, 2.45) is 10.2 Å². The van der Waals surface area contributed by atoms with Crippen LogP contribution in [-0.2, 0) is 0 Å². The van der Waals surface area contributed by atoms with E-state index in [4.69, 9.17) is 28.9 Å². The summed E-state index contributed by atoms with van der Waals surface area (Å²) in [6, 6.07) is 14.6. The van der Waals surface area contributed by atoms with Gasteiger partial charge in [-0.2, -0.15) is 5.11 Å². The molecule has 0 aliphatic heterocycles. The Labute approximate surface area is 149 Å². The first-order chi connectivity index (χ1) is 11.5. The number of benzene rings is 2. The summed E-state index contributed by atoms with van der Waals surface area (Å²) in [6.45, 7) is 1.81. The van der Waals surface area contributed by atoms with Crippen LogP contribution in [-0.4, -0.2) is 9.97 Å². The molecule has 3 aromatic rings. The average Bonchev–Trinajstić information content (AvgIpc) is 2.53. The molecule has 1 aromatic heterocycles. The summed E-state index contributed by atoms with van der Waals surface area (Å²) >= 11 is 12.0. The molecular weight excluding hydrogens is 345 g/mol. The Kier molecular flexibility index (Phi) is 4.74. The third-order valence-electron chi connectivity index (χ3n) is 3.24. The van der Waals surface area contributed by atoms with Crippen molar-refractivity contribution in [1.29, 1.82) is 0 Å². The van der Waals surface area contributed by atoms with E-state index in [1.165, 1.54) is 0 Å². The third kappa shape index (κ3) is 3.69. The molecule has 0 saturated heterocycles. The number of aryl methyl sites for hydroxylation is 1.